The lowest BCUT2D eigenvalue weighted by atomic mass is 10.3. The van der Waals surface area contributed by atoms with E-state index < -0.39 is 9.70 Å². The maximum absolute atomic E-state index is 11.4. The highest BCUT2D eigenvalue weighted by atomic mass is 35.6. The molecule has 1 aromatic carbocycles. The number of hydrogen-bond donors (Lipinski definition) is 1. The molecule has 7 heteroatoms. The van der Waals surface area contributed by atoms with E-state index in [1.54, 1.807) is 24.3 Å². The van der Waals surface area contributed by atoms with E-state index in [0.29, 0.717) is 18.0 Å². The van der Waals surface area contributed by atoms with Crippen LogP contribution in [0.15, 0.2) is 24.3 Å². The Hall–Kier alpha value is -0.680. The van der Waals surface area contributed by atoms with Crippen LogP contribution in [0.25, 0.3) is 0 Å². The lowest BCUT2D eigenvalue weighted by Gasteiger charge is -2.13. The maximum atomic E-state index is 11.4. The zero-order valence-electron chi connectivity index (χ0n) is 10.6. The summed E-state index contributed by atoms with van der Waals surface area (Å²) in [7, 11) is 3.94. The minimum Gasteiger partial charge on any atom is -0.492 e. The number of nitrogens with zero attached hydrogens (tertiary/aromatic N) is 1. The lowest BCUT2D eigenvalue weighted by molar-refractivity contribution is -0.115. The van der Waals surface area contributed by atoms with E-state index in [2.05, 4.69) is 5.32 Å². The number of benzene rings is 1. The van der Waals surface area contributed by atoms with Crippen molar-refractivity contribution in [1.82, 2.24) is 4.90 Å². The summed E-state index contributed by atoms with van der Waals surface area (Å²) in [4.78, 5) is 13.4. The van der Waals surface area contributed by atoms with Crippen molar-refractivity contribution in [2.24, 2.45) is 0 Å². The zero-order valence-corrected chi connectivity index (χ0v) is 12.9. The van der Waals surface area contributed by atoms with Crippen LogP contribution in [0, 0.1) is 0 Å². The smallest absolute Gasteiger partial charge is 0.276 e. The summed E-state index contributed by atoms with van der Waals surface area (Å²) < 4.78 is 3.54. The molecular formula is C12H15Cl3N2O2. The van der Waals surface area contributed by atoms with Gasteiger partial charge in [-0.05, 0) is 38.4 Å². The number of amides is 1. The van der Waals surface area contributed by atoms with E-state index in [0.717, 1.165) is 6.54 Å². The van der Waals surface area contributed by atoms with Crippen molar-refractivity contribution in [2.45, 2.75) is 3.79 Å². The number of carbonyl (C=O) groups is 1. The fraction of sp³-hybridized carbons (Fsp3) is 0.417. The first kappa shape index (κ1) is 16.4. The quantitative estimate of drug-likeness (QED) is 0.846. The van der Waals surface area contributed by atoms with Gasteiger partial charge in [0.25, 0.3) is 9.70 Å². The second-order valence-corrected chi connectivity index (χ2v) is 6.41. The average molecular weight is 326 g/mol. The molecule has 0 spiro atoms. The Kier molecular flexibility index (Phi) is 6.20. The molecule has 1 rings (SSSR count). The maximum Gasteiger partial charge on any atom is 0.276 e. The predicted molar refractivity (Wildman–Crippen MR) is 79.4 cm³/mol. The summed E-state index contributed by atoms with van der Waals surface area (Å²) in [6, 6.07) is 6.84. The molecular weight excluding hydrogens is 311 g/mol. The Morgan fingerprint density at radius 1 is 1.26 bits per heavy atom. The first-order chi connectivity index (χ1) is 8.79. The third kappa shape index (κ3) is 6.34. The summed E-state index contributed by atoms with van der Waals surface area (Å²) in [5.74, 6) is 0.0208. The third-order valence-corrected chi connectivity index (χ3v) is 2.69. The summed E-state index contributed by atoms with van der Waals surface area (Å²) >= 11 is 16.4. The van der Waals surface area contributed by atoms with E-state index in [4.69, 9.17) is 39.5 Å². The van der Waals surface area contributed by atoms with Gasteiger partial charge in [0.2, 0.25) is 0 Å². The van der Waals surface area contributed by atoms with Crippen LogP contribution in [0.1, 0.15) is 0 Å². The molecule has 0 unspecified atom stereocenters. The number of likely N-dealkylation sites (N-methyl/N-ethyl adjacent to an activating group) is 1. The first-order valence-corrected chi connectivity index (χ1v) is 6.68. The molecule has 0 aromatic heterocycles. The van der Waals surface area contributed by atoms with Gasteiger partial charge in [-0.25, -0.2) is 0 Å². The highest BCUT2D eigenvalue weighted by molar-refractivity contribution is 6.76. The van der Waals surface area contributed by atoms with Gasteiger partial charge in [-0.1, -0.05) is 34.8 Å². The van der Waals surface area contributed by atoms with Crippen molar-refractivity contribution < 1.29 is 9.53 Å². The molecule has 106 valence electrons. The molecule has 0 fully saturated rings. The molecule has 0 saturated carbocycles. The summed E-state index contributed by atoms with van der Waals surface area (Å²) in [6.07, 6.45) is 0. The Morgan fingerprint density at radius 3 is 2.32 bits per heavy atom. The van der Waals surface area contributed by atoms with Crippen molar-refractivity contribution >= 4 is 46.4 Å². The van der Waals surface area contributed by atoms with E-state index in [1.807, 2.05) is 19.0 Å². The van der Waals surface area contributed by atoms with Gasteiger partial charge < -0.3 is 15.0 Å². The van der Waals surface area contributed by atoms with E-state index in [9.17, 15) is 4.79 Å². The number of hydrogen-bond acceptors (Lipinski definition) is 3. The number of alkyl halides is 3. The largest absolute Gasteiger partial charge is 0.492 e. The normalized spacial score (nSPS) is 11.5. The number of rotatable bonds is 5. The second kappa shape index (κ2) is 7.20. The van der Waals surface area contributed by atoms with Crippen LogP contribution in [0.3, 0.4) is 0 Å². The minimum atomic E-state index is -1.97. The number of halogens is 3. The Balaban J connectivity index is 2.50. The molecule has 19 heavy (non-hydrogen) atoms. The van der Waals surface area contributed by atoms with E-state index >= 15 is 0 Å². The van der Waals surface area contributed by atoms with Crippen LogP contribution in [-0.4, -0.2) is 41.8 Å². The molecule has 1 aromatic rings. The highest BCUT2D eigenvalue weighted by Gasteiger charge is 2.30. The Bertz CT molecular complexity index is 416. The Morgan fingerprint density at radius 2 is 1.84 bits per heavy atom. The van der Waals surface area contributed by atoms with Gasteiger partial charge in [0.1, 0.15) is 12.4 Å². The predicted octanol–water partition coefficient (Wildman–Crippen LogP) is 2.94. The monoisotopic (exact) mass is 324 g/mol. The summed E-state index contributed by atoms with van der Waals surface area (Å²) in [6.45, 7) is 1.42. The van der Waals surface area contributed by atoms with Gasteiger partial charge in [0.15, 0.2) is 0 Å². The molecule has 0 aliphatic carbocycles. The fourth-order valence-electron chi connectivity index (χ4n) is 1.18. The van der Waals surface area contributed by atoms with Crippen molar-refractivity contribution in [3.05, 3.63) is 24.3 Å². The molecule has 0 aliphatic heterocycles. The van der Waals surface area contributed by atoms with Gasteiger partial charge in [-0.15, -0.1) is 0 Å². The summed E-state index contributed by atoms with van der Waals surface area (Å²) in [5, 5.41) is 2.48. The topological polar surface area (TPSA) is 41.6 Å². The molecule has 0 heterocycles. The van der Waals surface area contributed by atoms with Crippen LogP contribution >= 0.6 is 34.8 Å². The second-order valence-electron chi connectivity index (χ2n) is 4.13. The standard InChI is InChI=1S/C12H15Cl3N2O2/c1-17(2)7-8-19-10-5-3-9(4-6-10)16-11(18)12(13,14)15/h3-6H,7-8H2,1-2H3,(H,16,18). The first-order valence-electron chi connectivity index (χ1n) is 5.55. The fourth-order valence-corrected chi connectivity index (χ4v) is 1.32. The molecule has 0 bridgehead atoms. The van der Waals surface area contributed by atoms with Crippen LogP contribution < -0.4 is 10.1 Å². The lowest BCUT2D eigenvalue weighted by Crippen LogP contribution is -2.26. The molecule has 0 aliphatic rings. The van der Waals surface area contributed by atoms with E-state index in [-0.39, 0.29) is 0 Å². The van der Waals surface area contributed by atoms with Crippen molar-refractivity contribution in [3.63, 3.8) is 0 Å². The molecule has 4 nitrogen and oxygen atoms in total. The number of anilines is 1. The average Bonchev–Trinajstić information content (AvgIpc) is 2.29. The highest BCUT2D eigenvalue weighted by Crippen LogP contribution is 2.28. The van der Waals surface area contributed by atoms with Gasteiger partial charge in [-0.3, -0.25) is 4.79 Å². The molecule has 0 saturated heterocycles. The van der Waals surface area contributed by atoms with Gasteiger partial charge in [0.05, 0.1) is 0 Å². The third-order valence-electron chi connectivity index (χ3n) is 2.18. The molecule has 1 amide bonds. The summed E-state index contributed by atoms with van der Waals surface area (Å²) in [5.41, 5.74) is 0.538. The van der Waals surface area contributed by atoms with Gasteiger partial charge in [-0.2, -0.15) is 0 Å². The molecule has 0 radical (unpaired) electrons. The van der Waals surface area contributed by atoms with Crippen molar-refractivity contribution in [2.75, 3.05) is 32.6 Å². The zero-order chi connectivity index (χ0) is 14.5. The van der Waals surface area contributed by atoms with E-state index in [1.165, 1.54) is 0 Å². The number of nitrogens with one attached hydrogen (secondary N) is 1. The van der Waals surface area contributed by atoms with Crippen molar-refractivity contribution in [3.8, 4) is 5.75 Å². The number of ether oxygens (including phenoxy) is 1. The van der Waals surface area contributed by atoms with Gasteiger partial charge >= 0.3 is 0 Å². The minimum absolute atomic E-state index is 0.538. The van der Waals surface area contributed by atoms with Crippen LogP contribution in [-0.2, 0) is 4.79 Å². The molecule has 0 atom stereocenters. The Labute approximate surface area is 127 Å². The SMILES string of the molecule is CN(C)CCOc1ccc(NC(=O)C(Cl)(Cl)Cl)cc1. The van der Waals surface area contributed by atoms with Crippen LogP contribution in [0.4, 0.5) is 5.69 Å². The molecule has 1 N–H and O–H groups in total. The van der Waals surface area contributed by atoms with Gasteiger partial charge in [0, 0.05) is 12.2 Å². The van der Waals surface area contributed by atoms with Crippen LogP contribution in [0.2, 0.25) is 0 Å². The van der Waals surface area contributed by atoms with Crippen molar-refractivity contribution in [1.29, 1.82) is 0 Å². The van der Waals surface area contributed by atoms with Crippen LogP contribution in [0.5, 0.6) is 5.75 Å². The number of carbonyl (C=O) groups excluding carboxylic acids is 1.